The zero-order valence-electron chi connectivity index (χ0n) is 8.13. The average Bonchev–Trinajstić information content (AvgIpc) is 2.56. The average molecular weight is 187 g/mol. The Morgan fingerprint density at radius 2 is 2.21 bits per heavy atom. The Labute approximate surface area is 83.7 Å². The second-order valence-electron chi connectivity index (χ2n) is 4.10. The summed E-state index contributed by atoms with van der Waals surface area (Å²) in [5.41, 5.74) is 1.33. The van der Waals surface area contributed by atoms with Gasteiger partial charge in [-0.15, -0.1) is 0 Å². The SMILES string of the molecule is CC1=CC2C(C=C1)OC1N=CC=CC12. The number of hydrogen-bond donors (Lipinski definition) is 0. The lowest BCUT2D eigenvalue weighted by Gasteiger charge is -2.19. The third kappa shape index (κ3) is 1.11. The maximum absolute atomic E-state index is 5.84. The van der Waals surface area contributed by atoms with Crippen molar-refractivity contribution in [1.29, 1.82) is 0 Å². The molecule has 4 unspecified atom stereocenters. The Morgan fingerprint density at radius 1 is 1.29 bits per heavy atom. The maximum atomic E-state index is 5.84. The number of aliphatic imine (C=N–C) groups is 1. The first-order valence-electron chi connectivity index (χ1n) is 5.07. The van der Waals surface area contributed by atoms with Gasteiger partial charge in [0.05, 0.1) is 6.10 Å². The summed E-state index contributed by atoms with van der Waals surface area (Å²) in [5.74, 6) is 0.920. The van der Waals surface area contributed by atoms with Crippen molar-refractivity contribution in [2.24, 2.45) is 16.8 Å². The van der Waals surface area contributed by atoms with Crippen LogP contribution in [0.1, 0.15) is 6.92 Å². The highest BCUT2D eigenvalue weighted by Crippen LogP contribution is 2.39. The van der Waals surface area contributed by atoms with Crippen LogP contribution in [0.3, 0.4) is 0 Å². The predicted molar refractivity (Wildman–Crippen MR) is 56.2 cm³/mol. The summed E-state index contributed by atoms with van der Waals surface area (Å²) in [4.78, 5) is 4.34. The van der Waals surface area contributed by atoms with Crippen molar-refractivity contribution >= 4 is 6.21 Å². The van der Waals surface area contributed by atoms with Gasteiger partial charge < -0.3 is 4.74 Å². The van der Waals surface area contributed by atoms with Gasteiger partial charge in [-0.05, 0) is 13.0 Å². The molecule has 0 bridgehead atoms. The van der Waals surface area contributed by atoms with E-state index < -0.39 is 0 Å². The third-order valence-electron chi connectivity index (χ3n) is 3.11. The first kappa shape index (κ1) is 8.18. The normalized spacial score (nSPS) is 43.4. The van der Waals surface area contributed by atoms with Crippen LogP contribution < -0.4 is 0 Å². The van der Waals surface area contributed by atoms with Crippen LogP contribution in [-0.4, -0.2) is 18.5 Å². The van der Waals surface area contributed by atoms with Crippen LogP contribution in [0.25, 0.3) is 0 Å². The molecule has 2 nitrogen and oxygen atoms in total. The molecule has 4 atom stereocenters. The van der Waals surface area contributed by atoms with Gasteiger partial charge in [0.2, 0.25) is 0 Å². The van der Waals surface area contributed by atoms with Gasteiger partial charge in [-0.3, -0.25) is 4.99 Å². The first-order valence-corrected chi connectivity index (χ1v) is 5.07. The van der Waals surface area contributed by atoms with E-state index in [0.29, 0.717) is 11.8 Å². The number of nitrogens with zero attached hydrogens (tertiary/aromatic N) is 1. The monoisotopic (exact) mass is 187 g/mol. The summed E-state index contributed by atoms with van der Waals surface area (Å²) in [6.45, 7) is 2.13. The molecular weight excluding hydrogens is 174 g/mol. The van der Waals surface area contributed by atoms with Crippen LogP contribution in [-0.2, 0) is 4.74 Å². The maximum Gasteiger partial charge on any atom is 0.155 e. The molecule has 3 rings (SSSR count). The highest BCUT2D eigenvalue weighted by molar-refractivity contribution is 5.72. The largest absolute Gasteiger partial charge is 0.348 e. The summed E-state index contributed by atoms with van der Waals surface area (Å²) in [5, 5.41) is 0. The van der Waals surface area contributed by atoms with Gasteiger partial charge in [-0.1, -0.05) is 29.9 Å². The zero-order valence-corrected chi connectivity index (χ0v) is 8.13. The van der Waals surface area contributed by atoms with E-state index in [4.69, 9.17) is 4.74 Å². The minimum Gasteiger partial charge on any atom is -0.348 e. The van der Waals surface area contributed by atoms with Gasteiger partial charge in [0.15, 0.2) is 6.23 Å². The highest BCUT2D eigenvalue weighted by atomic mass is 16.5. The summed E-state index contributed by atoms with van der Waals surface area (Å²) in [6.07, 6.45) is 12.9. The Morgan fingerprint density at radius 3 is 3.14 bits per heavy atom. The summed E-state index contributed by atoms with van der Waals surface area (Å²) in [6, 6.07) is 0. The smallest absolute Gasteiger partial charge is 0.155 e. The number of rotatable bonds is 0. The minimum absolute atomic E-state index is 0.0433. The Kier molecular flexibility index (Phi) is 1.71. The molecule has 14 heavy (non-hydrogen) atoms. The van der Waals surface area contributed by atoms with Gasteiger partial charge in [0.1, 0.15) is 0 Å². The van der Waals surface area contributed by atoms with Crippen molar-refractivity contribution in [3.05, 3.63) is 36.0 Å². The van der Waals surface area contributed by atoms with Crippen molar-refractivity contribution in [2.75, 3.05) is 0 Å². The number of hydrogen-bond acceptors (Lipinski definition) is 2. The lowest BCUT2D eigenvalue weighted by atomic mass is 9.84. The molecule has 0 saturated carbocycles. The molecule has 2 heterocycles. The van der Waals surface area contributed by atoms with E-state index in [1.165, 1.54) is 5.57 Å². The molecule has 0 aromatic heterocycles. The molecule has 3 aliphatic rings. The van der Waals surface area contributed by atoms with Crippen molar-refractivity contribution in [3.63, 3.8) is 0 Å². The molecular formula is C12H13NO. The summed E-state index contributed by atoms with van der Waals surface area (Å²) < 4.78 is 5.84. The Bertz CT molecular complexity index is 365. The van der Waals surface area contributed by atoms with E-state index in [1.54, 1.807) is 0 Å². The van der Waals surface area contributed by atoms with Crippen molar-refractivity contribution in [2.45, 2.75) is 19.3 Å². The van der Waals surface area contributed by atoms with E-state index >= 15 is 0 Å². The molecule has 0 aromatic carbocycles. The molecule has 0 N–H and O–H groups in total. The molecule has 1 aliphatic carbocycles. The first-order chi connectivity index (χ1) is 6.84. The minimum atomic E-state index is 0.0433. The second-order valence-corrected chi connectivity index (χ2v) is 4.10. The fraction of sp³-hybridized carbons (Fsp3) is 0.417. The molecule has 72 valence electrons. The standard InChI is InChI=1S/C12H13NO/c1-8-4-5-11-10(7-8)9-3-2-6-13-12(9)14-11/h2-7,9-12H,1H3. The van der Waals surface area contributed by atoms with E-state index in [-0.39, 0.29) is 12.3 Å². The molecule has 1 saturated heterocycles. The fourth-order valence-electron chi connectivity index (χ4n) is 2.41. The Balaban J connectivity index is 1.95. The summed E-state index contributed by atoms with van der Waals surface area (Å²) in [7, 11) is 0. The van der Waals surface area contributed by atoms with E-state index in [0.717, 1.165) is 0 Å². The molecule has 1 fully saturated rings. The van der Waals surface area contributed by atoms with Crippen molar-refractivity contribution in [3.8, 4) is 0 Å². The van der Waals surface area contributed by atoms with Crippen LogP contribution in [0.4, 0.5) is 0 Å². The van der Waals surface area contributed by atoms with E-state index in [2.05, 4.69) is 36.2 Å². The van der Waals surface area contributed by atoms with E-state index in [1.807, 2.05) is 12.3 Å². The molecule has 2 aliphatic heterocycles. The fourth-order valence-corrected chi connectivity index (χ4v) is 2.41. The molecule has 0 aromatic rings. The van der Waals surface area contributed by atoms with Gasteiger partial charge in [-0.25, -0.2) is 0 Å². The summed E-state index contributed by atoms with van der Waals surface area (Å²) >= 11 is 0. The van der Waals surface area contributed by atoms with Crippen molar-refractivity contribution < 1.29 is 4.74 Å². The van der Waals surface area contributed by atoms with Crippen LogP contribution in [0.5, 0.6) is 0 Å². The lowest BCUT2D eigenvalue weighted by Crippen LogP contribution is -2.20. The number of allylic oxidation sites excluding steroid dienone is 3. The third-order valence-corrected chi connectivity index (χ3v) is 3.11. The van der Waals surface area contributed by atoms with Crippen LogP contribution in [0, 0.1) is 11.8 Å². The number of fused-ring (bicyclic) bond motifs is 3. The van der Waals surface area contributed by atoms with Crippen LogP contribution in [0.15, 0.2) is 40.9 Å². The van der Waals surface area contributed by atoms with Gasteiger partial charge in [0.25, 0.3) is 0 Å². The molecule has 0 radical (unpaired) electrons. The highest BCUT2D eigenvalue weighted by Gasteiger charge is 2.41. The predicted octanol–water partition coefficient (Wildman–Crippen LogP) is 2.10. The topological polar surface area (TPSA) is 21.6 Å². The van der Waals surface area contributed by atoms with Gasteiger partial charge >= 0.3 is 0 Å². The number of dihydropyridines is 1. The molecule has 0 spiro atoms. The molecule has 0 amide bonds. The number of ether oxygens (including phenoxy) is 1. The lowest BCUT2D eigenvalue weighted by molar-refractivity contribution is 0.0654. The van der Waals surface area contributed by atoms with Gasteiger partial charge in [-0.2, -0.15) is 0 Å². The van der Waals surface area contributed by atoms with Crippen LogP contribution >= 0.6 is 0 Å². The quantitative estimate of drug-likeness (QED) is 0.569. The van der Waals surface area contributed by atoms with Gasteiger partial charge in [0, 0.05) is 18.1 Å². The zero-order chi connectivity index (χ0) is 9.54. The van der Waals surface area contributed by atoms with Crippen LogP contribution in [0.2, 0.25) is 0 Å². The van der Waals surface area contributed by atoms with E-state index in [9.17, 15) is 0 Å². The second kappa shape index (κ2) is 2.92. The molecule has 2 heteroatoms. The Hall–Kier alpha value is -1.15. The van der Waals surface area contributed by atoms with Crippen molar-refractivity contribution in [1.82, 2.24) is 0 Å².